The first-order chi connectivity index (χ1) is 9.10. The number of hydrogen-bond donors (Lipinski definition) is 1. The van der Waals surface area contributed by atoms with Crippen molar-refractivity contribution in [3.05, 3.63) is 11.9 Å². The fourth-order valence-corrected chi connectivity index (χ4v) is 2.82. The fraction of sp³-hybridized carbons (Fsp3) is 0.786. The summed E-state index contributed by atoms with van der Waals surface area (Å²) in [6, 6.07) is 0.406. The molecule has 2 heterocycles. The van der Waals surface area contributed by atoms with Crippen LogP contribution in [0.5, 0.6) is 5.75 Å². The van der Waals surface area contributed by atoms with E-state index in [1.54, 1.807) is 13.3 Å². The minimum Gasteiger partial charge on any atom is -0.493 e. The lowest BCUT2D eigenvalue weighted by Gasteiger charge is -2.28. The van der Waals surface area contributed by atoms with Gasteiger partial charge in [-0.1, -0.05) is 6.92 Å². The van der Waals surface area contributed by atoms with Crippen molar-refractivity contribution >= 4 is 0 Å². The number of likely N-dealkylation sites (N-methyl/N-ethyl adjacent to an activating group) is 1. The zero-order valence-corrected chi connectivity index (χ0v) is 12.5. The van der Waals surface area contributed by atoms with Crippen molar-refractivity contribution in [3.63, 3.8) is 0 Å². The number of aromatic nitrogens is 2. The van der Waals surface area contributed by atoms with E-state index in [0.717, 1.165) is 24.5 Å². The highest BCUT2D eigenvalue weighted by molar-refractivity contribution is 5.30. The zero-order valence-electron chi connectivity index (χ0n) is 12.5. The van der Waals surface area contributed by atoms with Crippen molar-refractivity contribution in [2.45, 2.75) is 45.4 Å². The molecule has 3 unspecified atom stereocenters. The molecule has 0 saturated carbocycles. The van der Waals surface area contributed by atoms with Gasteiger partial charge in [-0.2, -0.15) is 5.10 Å². The molecule has 0 bridgehead atoms. The van der Waals surface area contributed by atoms with E-state index in [2.05, 4.69) is 31.2 Å². The fourth-order valence-electron chi connectivity index (χ4n) is 2.82. The van der Waals surface area contributed by atoms with Gasteiger partial charge in [0.25, 0.3) is 0 Å². The molecule has 1 aromatic rings. The Kier molecular flexibility index (Phi) is 4.47. The molecule has 1 aromatic heterocycles. The molecular weight excluding hydrogens is 242 g/mol. The second-order valence-corrected chi connectivity index (χ2v) is 5.50. The van der Waals surface area contributed by atoms with E-state index >= 15 is 0 Å². The Morgan fingerprint density at radius 3 is 2.74 bits per heavy atom. The summed E-state index contributed by atoms with van der Waals surface area (Å²) in [5.74, 6) is 1.37. The summed E-state index contributed by atoms with van der Waals surface area (Å²) in [5, 5.41) is 7.83. The molecule has 0 spiro atoms. The van der Waals surface area contributed by atoms with Gasteiger partial charge in [0.2, 0.25) is 0 Å². The van der Waals surface area contributed by atoms with Crippen LogP contribution in [0.3, 0.4) is 0 Å². The van der Waals surface area contributed by atoms with Crippen LogP contribution in [0.4, 0.5) is 0 Å². The molecule has 2 rings (SSSR count). The van der Waals surface area contributed by atoms with Gasteiger partial charge in [0.1, 0.15) is 5.69 Å². The van der Waals surface area contributed by atoms with Crippen LogP contribution >= 0.6 is 0 Å². The van der Waals surface area contributed by atoms with E-state index in [0.29, 0.717) is 12.0 Å². The minimum atomic E-state index is 0.109. The largest absolute Gasteiger partial charge is 0.493 e. The van der Waals surface area contributed by atoms with E-state index in [-0.39, 0.29) is 12.1 Å². The first-order valence-electron chi connectivity index (χ1n) is 7.00. The first-order valence-corrected chi connectivity index (χ1v) is 7.00. The third kappa shape index (κ3) is 2.62. The van der Waals surface area contributed by atoms with E-state index in [4.69, 9.17) is 9.47 Å². The maximum Gasteiger partial charge on any atom is 0.161 e. The molecule has 1 N–H and O–H groups in total. The molecule has 19 heavy (non-hydrogen) atoms. The number of nitrogens with one attached hydrogen (secondary N) is 1. The molecule has 1 aliphatic rings. The number of rotatable bonds is 5. The molecule has 1 fully saturated rings. The average Bonchev–Trinajstić information content (AvgIpc) is 2.98. The Morgan fingerprint density at radius 1 is 1.53 bits per heavy atom. The van der Waals surface area contributed by atoms with Crippen molar-refractivity contribution in [1.29, 1.82) is 0 Å². The predicted molar refractivity (Wildman–Crippen MR) is 74.5 cm³/mol. The van der Waals surface area contributed by atoms with E-state index in [1.165, 1.54) is 0 Å². The molecule has 0 amide bonds. The monoisotopic (exact) mass is 267 g/mol. The molecule has 0 aromatic carbocycles. The quantitative estimate of drug-likeness (QED) is 0.888. The van der Waals surface area contributed by atoms with Crippen LogP contribution in [-0.2, 0) is 4.74 Å². The summed E-state index contributed by atoms with van der Waals surface area (Å²) in [4.78, 5) is 0. The lowest BCUT2D eigenvalue weighted by Crippen LogP contribution is -2.35. The third-order valence-corrected chi connectivity index (χ3v) is 3.89. The van der Waals surface area contributed by atoms with Crippen molar-refractivity contribution in [1.82, 2.24) is 15.1 Å². The summed E-state index contributed by atoms with van der Waals surface area (Å²) in [6.07, 6.45) is 3.08. The molecule has 5 nitrogen and oxygen atoms in total. The van der Waals surface area contributed by atoms with Crippen LogP contribution in [0.1, 0.15) is 45.0 Å². The summed E-state index contributed by atoms with van der Waals surface area (Å²) in [7, 11) is 3.66. The van der Waals surface area contributed by atoms with E-state index < -0.39 is 0 Å². The number of methoxy groups -OCH3 is 1. The number of nitrogens with zero attached hydrogens (tertiary/aromatic N) is 2. The standard InChI is InChI=1S/C14H25N3O2/c1-9(2)17-13(11(18-5)8-16-17)12(15-4)14-10(3)6-7-19-14/h8-10,12,14-15H,6-7H2,1-5H3. The van der Waals surface area contributed by atoms with Crippen LogP contribution in [-0.4, -0.2) is 36.6 Å². The molecule has 1 saturated heterocycles. The van der Waals surface area contributed by atoms with Crippen LogP contribution in [0.25, 0.3) is 0 Å². The Morgan fingerprint density at radius 2 is 2.26 bits per heavy atom. The van der Waals surface area contributed by atoms with Crippen LogP contribution in [0.2, 0.25) is 0 Å². The zero-order chi connectivity index (χ0) is 14.0. The Labute approximate surface area is 115 Å². The highest BCUT2D eigenvalue weighted by Gasteiger charge is 2.36. The van der Waals surface area contributed by atoms with Crippen LogP contribution < -0.4 is 10.1 Å². The predicted octanol–water partition coefficient (Wildman–Crippen LogP) is 2.16. The molecule has 0 radical (unpaired) electrons. The number of hydrogen-bond acceptors (Lipinski definition) is 4. The molecule has 108 valence electrons. The number of ether oxygens (including phenoxy) is 2. The van der Waals surface area contributed by atoms with Crippen molar-refractivity contribution < 1.29 is 9.47 Å². The van der Waals surface area contributed by atoms with Gasteiger partial charge in [0.15, 0.2) is 5.75 Å². The highest BCUT2D eigenvalue weighted by atomic mass is 16.5. The second-order valence-electron chi connectivity index (χ2n) is 5.50. The van der Waals surface area contributed by atoms with Gasteiger partial charge in [-0.3, -0.25) is 4.68 Å². The Hall–Kier alpha value is -1.07. The highest BCUT2D eigenvalue weighted by Crippen LogP contribution is 2.36. The molecule has 3 atom stereocenters. The summed E-state index contributed by atoms with van der Waals surface area (Å²) < 4.78 is 13.4. The maximum absolute atomic E-state index is 5.92. The van der Waals surface area contributed by atoms with E-state index in [1.807, 2.05) is 11.7 Å². The van der Waals surface area contributed by atoms with Crippen molar-refractivity contribution in [3.8, 4) is 5.75 Å². The van der Waals surface area contributed by atoms with Gasteiger partial charge in [-0.15, -0.1) is 0 Å². The Balaban J connectivity index is 2.38. The average molecular weight is 267 g/mol. The van der Waals surface area contributed by atoms with Crippen molar-refractivity contribution in [2.75, 3.05) is 20.8 Å². The molecule has 0 aliphatic carbocycles. The SMILES string of the molecule is CNC(c1c(OC)cnn1C(C)C)C1OCCC1C. The smallest absolute Gasteiger partial charge is 0.161 e. The van der Waals surface area contributed by atoms with Gasteiger partial charge in [-0.25, -0.2) is 0 Å². The van der Waals surface area contributed by atoms with E-state index in [9.17, 15) is 0 Å². The lowest BCUT2D eigenvalue weighted by molar-refractivity contribution is 0.0592. The van der Waals surface area contributed by atoms with Gasteiger partial charge in [0, 0.05) is 12.6 Å². The molecular formula is C14H25N3O2. The van der Waals surface area contributed by atoms with Crippen LogP contribution in [0, 0.1) is 5.92 Å². The Bertz CT molecular complexity index is 417. The van der Waals surface area contributed by atoms with Crippen LogP contribution in [0.15, 0.2) is 6.20 Å². The normalized spacial score (nSPS) is 24.9. The topological polar surface area (TPSA) is 48.3 Å². The van der Waals surface area contributed by atoms with Gasteiger partial charge < -0.3 is 14.8 Å². The first kappa shape index (κ1) is 14.3. The van der Waals surface area contributed by atoms with Gasteiger partial charge in [-0.05, 0) is 33.2 Å². The summed E-state index contributed by atoms with van der Waals surface area (Å²) >= 11 is 0. The summed E-state index contributed by atoms with van der Waals surface area (Å²) in [5.41, 5.74) is 1.08. The molecule has 5 heteroatoms. The second kappa shape index (κ2) is 5.92. The van der Waals surface area contributed by atoms with Gasteiger partial charge in [0.05, 0.1) is 25.5 Å². The lowest BCUT2D eigenvalue weighted by atomic mass is 9.95. The van der Waals surface area contributed by atoms with Gasteiger partial charge >= 0.3 is 0 Å². The maximum atomic E-state index is 5.92. The minimum absolute atomic E-state index is 0.109. The third-order valence-electron chi connectivity index (χ3n) is 3.89. The van der Waals surface area contributed by atoms with Crippen molar-refractivity contribution in [2.24, 2.45) is 5.92 Å². The molecule has 1 aliphatic heterocycles. The summed E-state index contributed by atoms with van der Waals surface area (Å²) in [6.45, 7) is 7.33.